The molecule has 1 fully saturated rings. The first-order chi connectivity index (χ1) is 19.8. The molecule has 0 spiro atoms. The Labute approximate surface area is 245 Å². The Kier molecular flexibility index (Phi) is 8.65. The summed E-state index contributed by atoms with van der Waals surface area (Å²) in [6.07, 6.45) is 6.60. The number of hydrogen-bond acceptors (Lipinski definition) is 6. The van der Waals surface area contributed by atoms with E-state index in [0.29, 0.717) is 41.0 Å². The van der Waals surface area contributed by atoms with E-state index >= 15 is 0 Å². The summed E-state index contributed by atoms with van der Waals surface area (Å²) in [7, 11) is 3.27. The van der Waals surface area contributed by atoms with Crippen molar-refractivity contribution >= 4 is 29.4 Å². The first-order valence-corrected chi connectivity index (χ1v) is 14.1. The van der Waals surface area contributed by atoms with Gasteiger partial charge < -0.3 is 24.4 Å². The molecule has 0 radical (unpaired) electrons. The van der Waals surface area contributed by atoms with E-state index in [1.807, 2.05) is 56.3 Å². The van der Waals surface area contributed by atoms with E-state index in [1.165, 1.54) is 0 Å². The highest BCUT2D eigenvalue weighted by Gasteiger charge is 2.46. The smallest absolute Gasteiger partial charge is 0.326 e. The molecule has 1 saturated heterocycles. The molecule has 2 heterocycles. The molecule has 3 atom stereocenters. The van der Waals surface area contributed by atoms with Gasteiger partial charge in [0.15, 0.2) is 0 Å². The maximum atomic E-state index is 14.4. The van der Waals surface area contributed by atoms with Gasteiger partial charge in [-0.1, -0.05) is 42.0 Å². The van der Waals surface area contributed by atoms with Crippen LogP contribution in [-0.4, -0.2) is 79.7 Å². The van der Waals surface area contributed by atoms with Crippen LogP contribution in [-0.2, 0) is 9.53 Å². The molecule has 1 N–H and O–H groups in total. The zero-order valence-corrected chi connectivity index (χ0v) is 24.4. The number of carbonyl (C=O) groups is 2. The van der Waals surface area contributed by atoms with Gasteiger partial charge in [0, 0.05) is 31.3 Å². The maximum absolute atomic E-state index is 14.4. The molecule has 2 aromatic carbocycles. The van der Waals surface area contributed by atoms with Crippen LogP contribution < -0.4 is 14.8 Å². The first kappa shape index (κ1) is 28.7. The number of ether oxygens (including phenoxy) is 3. The van der Waals surface area contributed by atoms with Gasteiger partial charge in [-0.15, -0.1) is 0 Å². The number of carbonyl (C=O) groups excluding carboxylic acids is 2. The quantitative estimate of drug-likeness (QED) is 0.511. The molecular formula is C31H35ClN4O5. The van der Waals surface area contributed by atoms with Crippen LogP contribution in [0.2, 0.25) is 5.02 Å². The van der Waals surface area contributed by atoms with Gasteiger partial charge in [0.2, 0.25) is 5.91 Å². The minimum Gasteiger partial charge on any atom is -0.497 e. The van der Waals surface area contributed by atoms with Gasteiger partial charge in [-0.05, 0) is 55.7 Å². The van der Waals surface area contributed by atoms with Crippen LogP contribution in [0.3, 0.4) is 0 Å². The molecule has 5 rings (SSSR count). The number of rotatable bonds is 7. The second kappa shape index (κ2) is 12.4. The van der Waals surface area contributed by atoms with Crippen molar-refractivity contribution < 1.29 is 23.8 Å². The monoisotopic (exact) mass is 578 g/mol. The molecule has 9 nitrogen and oxygen atoms in total. The predicted octanol–water partition coefficient (Wildman–Crippen LogP) is 4.76. The van der Waals surface area contributed by atoms with Crippen LogP contribution in [0.4, 0.5) is 4.79 Å². The lowest BCUT2D eigenvalue weighted by Crippen LogP contribution is -2.56. The van der Waals surface area contributed by atoms with Crippen molar-refractivity contribution in [1.29, 1.82) is 0 Å². The lowest BCUT2D eigenvalue weighted by Gasteiger charge is -2.36. The number of methoxy groups -OCH3 is 2. The normalized spacial score (nSPS) is 22.4. The van der Waals surface area contributed by atoms with E-state index in [1.54, 1.807) is 30.1 Å². The Bertz CT molecular complexity index is 1390. The van der Waals surface area contributed by atoms with E-state index in [2.05, 4.69) is 17.5 Å². The summed E-state index contributed by atoms with van der Waals surface area (Å²) in [5, 5.41) is 3.41. The third-order valence-corrected chi connectivity index (χ3v) is 7.54. The average molecular weight is 579 g/mol. The molecule has 1 aliphatic carbocycles. The third-order valence-electron chi connectivity index (χ3n) is 7.29. The lowest BCUT2D eigenvalue weighted by molar-refractivity contribution is -0.123. The number of urea groups is 1. The number of hydrogen-bond donors (Lipinski definition) is 1. The lowest BCUT2D eigenvalue weighted by atomic mass is 9.90. The van der Waals surface area contributed by atoms with Crippen LogP contribution in [0.5, 0.6) is 11.5 Å². The van der Waals surface area contributed by atoms with Gasteiger partial charge >= 0.3 is 6.03 Å². The average Bonchev–Trinajstić information content (AvgIpc) is 3.37. The fourth-order valence-electron chi connectivity index (χ4n) is 5.35. The molecule has 216 valence electrons. The molecule has 0 aromatic heterocycles. The molecule has 3 unspecified atom stereocenters. The fraction of sp³-hybridized carbons (Fsp3) is 0.387. The summed E-state index contributed by atoms with van der Waals surface area (Å²) in [6.45, 7) is 4.62. The maximum Gasteiger partial charge on any atom is 0.326 e. The van der Waals surface area contributed by atoms with E-state index in [4.69, 9.17) is 30.8 Å². The number of amides is 3. The summed E-state index contributed by atoms with van der Waals surface area (Å²) >= 11 is 6.25. The zero-order valence-electron chi connectivity index (χ0n) is 23.7. The zero-order chi connectivity index (χ0) is 29.1. The Morgan fingerprint density at radius 1 is 1.15 bits per heavy atom. The minimum atomic E-state index is -0.508. The van der Waals surface area contributed by atoms with Gasteiger partial charge in [-0.25, -0.2) is 4.79 Å². The minimum absolute atomic E-state index is 0.0332. The molecule has 3 amide bonds. The number of nitrogens with zero attached hydrogens (tertiary/aromatic N) is 3. The van der Waals surface area contributed by atoms with Crippen molar-refractivity contribution in [2.24, 2.45) is 4.99 Å². The highest BCUT2D eigenvalue weighted by molar-refractivity contribution is 6.30. The Hall–Kier alpha value is -3.82. The van der Waals surface area contributed by atoms with Crippen LogP contribution in [0, 0.1) is 0 Å². The summed E-state index contributed by atoms with van der Waals surface area (Å²) in [5.41, 5.74) is 2.45. The molecule has 2 aliphatic heterocycles. The van der Waals surface area contributed by atoms with Crippen molar-refractivity contribution in [2.75, 3.05) is 33.9 Å². The third kappa shape index (κ3) is 6.11. The number of amidine groups is 1. The van der Waals surface area contributed by atoms with Crippen molar-refractivity contribution in [2.45, 2.75) is 44.6 Å². The molecule has 0 bridgehead atoms. The Morgan fingerprint density at radius 2 is 1.93 bits per heavy atom. The standard InChI is InChI=1S/C31H35ClN4O5/c1-19(2)41-26-17-24(40-4)12-13-25(26)30-34-28(20-8-10-22(32)11-9-20)29(21-6-5-7-23(16-21)39-3)36(30)31(38)35-15-14-33-27(37)18-35/h5-6,8-13,16-17,19,23,28-29H,7,14-15,18H2,1-4H3,(H,33,37). The highest BCUT2D eigenvalue weighted by atomic mass is 35.5. The van der Waals surface area contributed by atoms with Crippen molar-refractivity contribution in [3.63, 3.8) is 0 Å². The summed E-state index contributed by atoms with van der Waals surface area (Å²) in [4.78, 5) is 35.3. The molecule has 0 saturated carbocycles. The highest BCUT2D eigenvalue weighted by Crippen LogP contribution is 2.41. The molecule has 2 aromatic rings. The van der Waals surface area contributed by atoms with Gasteiger partial charge in [0.25, 0.3) is 0 Å². The second-order valence-electron chi connectivity index (χ2n) is 10.4. The van der Waals surface area contributed by atoms with Crippen molar-refractivity contribution in [3.05, 3.63) is 82.4 Å². The first-order valence-electron chi connectivity index (χ1n) is 13.7. The number of nitrogens with one attached hydrogen (secondary N) is 1. The molecular weight excluding hydrogens is 544 g/mol. The molecule has 10 heteroatoms. The van der Waals surface area contributed by atoms with Gasteiger partial charge in [0.05, 0.1) is 30.9 Å². The summed E-state index contributed by atoms with van der Waals surface area (Å²) in [5.74, 6) is 1.43. The summed E-state index contributed by atoms with van der Waals surface area (Å²) in [6, 6.07) is 11.8. The Balaban J connectivity index is 1.70. The molecule has 3 aliphatic rings. The van der Waals surface area contributed by atoms with Crippen molar-refractivity contribution in [1.82, 2.24) is 15.1 Å². The van der Waals surface area contributed by atoms with Gasteiger partial charge in [0.1, 0.15) is 29.9 Å². The summed E-state index contributed by atoms with van der Waals surface area (Å²) < 4.78 is 17.4. The number of benzene rings is 2. The van der Waals surface area contributed by atoms with Gasteiger partial charge in [-0.3, -0.25) is 14.7 Å². The fourth-order valence-corrected chi connectivity index (χ4v) is 5.48. The Morgan fingerprint density at radius 3 is 2.61 bits per heavy atom. The molecule has 41 heavy (non-hydrogen) atoms. The van der Waals surface area contributed by atoms with E-state index in [0.717, 1.165) is 17.6 Å². The van der Waals surface area contributed by atoms with Gasteiger partial charge in [-0.2, -0.15) is 0 Å². The number of halogens is 1. The SMILES string of the molecule is COc1ccc(C2=NC(c3ccc(Cl)cc3)C(C3=CC(OC)CC=C3)N2C(=O)N2CCNC(=O)C2)c(OC(C)C)c1. The van der Waals surface area contributed by atoms with E-state index in [-0.39, 0.29) is 30.7 Å². The van der Waals surface area contributed by atoms with E-state index in [9.17, 15) is 9.59 Å². The van der Waals surface area contributed by atoms with Crippen LogP contribution >= 0.6 is 11.6 Å². The number of aliphatic imine (C=N–C) groups is 1. The van der Waals surface area contributed by atoms with Crippen LogP contribution in [0.25, 0.3) is 0 Å². The predicted molar refractivity (Wildman–Crippen MR) is 158 cm³/mol. The topological polar surface area (TPSA) is 92.7 Å². The second-order valence-corrected chi connectivity index (χ2v) is 10.9. The van der Waals surface area contributed by atoms with Crippen molar-refractivity contribution in [3.8, 4) is 11.5 Å². The number of piperazine rings is 1. The largest absolute Gasteiger partial charge is 0.497 e. The van der Waals surface area contributed by atoms with Crippen LogP contribution in [0.15, 0.2) is 71.3 Å². The van der Waals surface area contributed by atoms with Crippen LogP contribution in [0.1, 0.15) is 37.4 Å². The van der Waals surface area contributed by atoms with E-state index < -0.39 is 12.1 Å².